The number of esters is 1. The zero-order valence-electron chi connectivity index (χ0n) is 9.60. The lowest BCUT2D eigenvalue weighted by atomic mass is 10.4. The molecule has 0 aromatic rings. The first-order chi connectivity index (χ1) is 7.44. The van der Waals surface area contributed by atoms with Gasteiger partial charge >= 0.3 is 5.97 Å². The maximum atomic E-state index is 11.5. The molecule has 0 radical (unpaired) electrons. The molecule has 0 aromatic heterocycles. The first-order valence-electron chi connectivity index (χ1n) is 4.82. The van der Waals surface area contributed by atoms with Crippen molar-refractivity contribution in [3.05, 3.63) is 12.7 Å². The Morgan fingerprint density at radius 3 is 2.69 bits per heavy atom. The second-order valence-electron chi connectivity index (χ2n) is 3.12. The third-order valence-electron chi connectivity index (χ3n) is 1.90. The standard InChI is InChI=1S/C9H18N2O4S/c1-4-5-7-10-16(13,14)11(2)8-6-9(12)15-3/h4,10H,1,5-8H2,2-3H3. The van der Waals surface area contributed by atoms with Gasteiger partial charge in [0, 0.05) is 20.1 Å². The molecule has 7 heteroatoms. The molecule has 0 aliphatic carbocycles. The molecule has 0 rings (SSSR count). The van der Waals surface area contributed by atoms with Gasteiger partial charge in [-0.3, -0.25) is 4.79 Å². The van der Waals surface area contributed by atoms with Crippen molar-refractivity contribution >= 4 is 16.2 Å². The van der Waals surface area contributed by atoms with Crippen LogP contribution in [0.5, 0.6) is 0 Å². The Bertz CT molecular complexity index is 326. The van der Waals surface area contributed by atoms with E-state index < -0.39 is 16.2 Å². The van der Waals surface area contributed by atoms with Gasteiger partial charge in [0.25, 0.3) is 10.2 Å². The summed E-state index contributed by atoms with van der Waals surface area (Å²) in [5, 5.41) is 0. The van der Waals surface area contributed by atoms with Crippen LogP contribution in [0.2, 0.25) is 0 Å². The molecule has 6 nitrogen and oxygen atoms in total. The highest BCUT2D eigenvalue weighted by molar-refractivity contribution is 7.87. The summed E-state index contributed by atoms with van der Waals surface area (Å²) < 4.78 is 30.9. The molecule has 0 aliphatic rings. The average molecular weight is 250 g/mol. The fourth-order valence-corrected chi connectivity index (χ4v) is 1.80. The van der Waals surface area contributed by atoms with Crippen LogP contribution in [0, 0.1) is 0 Å². The van der Waals surface area contributed by atoms with E-state index in [2.05, 4.69) is 16.0 Å². The number of methoxy groups -OCH3 is 1. The molecular weight excluding hydrogens is 232 g/mol. The number of hydrogen-bond donors (Lipinski definition) is 1. The lowest BCUT2D eigenvalue weighted by Crippen LogP contribution is -2.39. The van der Waals surface area contributed by atoms with Crippen LogP contribution in [0.1, 0.15) is 12.8 Å². The smallest absolute Gasteiger partial charge is 0.306 e. The number of carbonyl (C=O) groups is 1. The molecule has 0 unspecified atom stereocenters. The third-order valence-corrected chi connectivity index (χ3v) is 3.47. The summed E-state index contributed by atoms with van der Waals surface area (Å²) in [6.45, 7) is 3.88. The number of nitrogens with zero attached hydrogens (tertiary/aromatic N) is 1. The summed E-state index contributed by atoms with van der Waals surface area (Å²) in [5.41, 5.74) is 0. The second-order valence-corrected chi connectivity index (χ2v) is 4.99. The van der Waals surface area contributed by atoms with E-state index in [0.29, 0.717) is 13.0 Å². The number of ether oxygens (including phenoxy) is 1. The van der Waals surface area contributed by atoms with E-state index in [1.807, 2.05) is 0 Å². The normalized spacial score (nSPS) is 11.4. The SMILES string of the molecule is C=CCCNS(=O)(=O)N(C)CCC(=O)OC. The van der Waals surface area contributed by atoms with Crippen molar-refractivity contribution in [1.29, 1.82) is 0 Å². The minimum Gasteiger partial charge on any atom is -0.469 e. The largest absolute Gasteiger partial charge is 0.469 e. The molecule has 16 heavy (non-hydrogen) atoms. The zero-order chi connectivity index (χ0) is 12.6. The van der Waals surface area contributed by atoms with Crippen molar-refractivity contribution in [2.24, 2.45) is 0 Å². The quantitative estimate of drug-likeness (QED) is 0.370. The van der Waals surface area contributed by atoms with Crippen LogP contribution in [0.15, 0.2) is 12.7 Å². The van der Waals surface area contributed by atoms with Crippen molar-refractivity contribution in [3.63, 3.8) is 0 Å². The maximum Gasteiger partial charge on any atom is 0.306 e. The molecule has 0 spiro atoms. The minimum absolute atomic E-state index is 0.0371. The van der Waals surface area contributed by atoms with E-state index in [9.17, 15) is 13.2 Å². The zero-order valence-corrected chi connectivity index (χ0v) is 10.4. The van der Waals surface area contributed by atoms with Crippen molar-refractivity contribution in [2.75, 3.05) is 27.2 Å². The summed E-state index contributed by atoms with van der Waals surface area (Å²) in [6.07, 6.45) is 2.22. The van der Waals surface area contributed by atoms with E-state index >= 15 is 0 Å². The first kappa shape index (κ1) is 15.1. The van der Waals surface area contributed by atoms with Gasteiger partial charge < -0.3 is 4.74 Å². The highest BCUT2D eigenvalue weighted by Crippen LogP contribution is 1.97. The van der Waals surface area contributed by atoms with Crippen molar-refractivity contribution in [1.82, 2.24) is 9.03 Å². The van der Waals surface area contributed by atoms with E-state index in [1.54, 1.807) is 6.08 Å². The molecular formula is C9H18N2O4S. The molecule has 0 aliphatic heterocycles. The molecule has 1 N–H and O–H groups in total. The molecule has 0 heterocycles. The van der Waals surface area contributed by atoms with Crippen LogP contribution in [0.3, 0.4) is 0 Å². The molecule has 0 fully saturated rings. The van der Waals surface area contributed by atoms with Crippen LogP contribution < -0.4 is 4.72 Å². The highest BCUT2D eigenvalue weighted by atomic mass is 32.2. The Morgan fingerprint density at radius 1 is 1.56 bits per heavy atom. The summed E-state index contributed by atoms with van der Waals surface area (Å²) in [4.78, 5) is 10.8. The Balaban J connectivity index is 4.08. The summed E-state index contributed by atoms with van der Waals surface area (Å²) in [6, 6.07) is 0. The van der Waals surface area contributed by atoms with Crippen molar-refractivity contribution in [3.8, 4) is 0 Å². The molecule has 0 bridgehead atoms. The summed E-state index contributed by atoms with van der Waals surface area (Å²) in [5.74, 6) is -0.437. The van der Waals surface area contributed by atoms with Gasteiger partial charge in [0.05, 0.1) is 13.5 Å². The van der Waals surface area contributed by atoms with Crippen LogP contribution in [-0.2, 0) is 19.7 Å². The maximum absolute atomic E-state index is 11.5. The van der Waals surface area contributed by atoms with Crippen LogP contribution in [-0.4, -0.2) is 45.9 Å². The van der Waals surface area contributed by atoms with Gasteiger partial charge in [0.1, 0.15) is 0 Å². The number of carbonyl (C=O) groups excluding carboxylic acids is 1. The molecule has 0 amide bonds. The minimum atomic E-state index is -3.51. The van der Waals surface area contributed by atoms with Gasteiger partial charge in [0.15, 0.2) is 0 Å². The predicted molar refractivity (Wildman–Crippen MR) is 61.0 cm³/mol. The lowest BCUT2D eigenvalue weighted by Gasteiger charge is -2.16. The Kier molecular flexibility index (Phi) is 6.95. The average Bonchev–Trinajstić information content (AvgIpc) is 2.25. The summed E-state index contributed by atoms with van der Waals surface area (Å²) >= 11 is 0. The third kappa shape index (κ3) is 5.84. The predicted octanol–water partition coefficient (Wildman–Crippen LogP) is -0.108. The molecule has 0 aromatic carbocycles. The van der Waals surface area contributed by atoms with Gasteiger partial charge in [-0.2, -0.15) is 12.7 Å². The lowest BCUT2D eigenvalue weighted by molar-refractivity contribution is -0.140. The number of nitrogens with one attached hydrogen (secondary N) is 1. The van der Waals surface area contributed by atoms with Gasteiger partial charge in [-0.15, -0.1) is 6.58 Å². The van der Waals surface area contributed by atoms with E-state index in [0.717, 1.165) is 4.31 Å². The second kappa shape index (κ2) is 7.37. The number of rotatable bonds is 8. The van der Waals surface area contributed by atoms with E-state index in [-0.39, 0.29) is 13.0 Å². The van der Waals surface area contributed by atoms with Crippen LogP contribution in [0.25, 0.3) is 0 Å². The Labute approximate surface area is 96.5 Å². The molecule has 0 saturated carbocycles. The fraction of sp³-hybridized carbons (Fsp3) is 0.667. The summed E-state index contributed by atoms with van der Waals surface area (Å²) in [7, 11) is -0.844. The van der Waals surface area contributed by atoms with Crippen LogP contribution in [0.4, 0.5) is 0 Å². The van der Waals surface area contributed by atoms with Gasteiger partial charge in [0.2, 0.25) is 0 Å². The fourth-order valence-electron chi connectivity index (χ4n) is 0.871. The van der Waals surface area contributed by atoms with E-state index in [4.69, 9.17) is 0 Å². The van der Waals surface area contributed by atoms with E-state index in [1.165, 1.54) is 14.2 Å². The Hall–Kier alpha value is -0.920. The van der Waals surface area contributed by atoms with Crippen molar-refractivity contribution < 1.29 is 17.9 Å². The molecule has 0 atom stereocenters. The monoisotopic (exact) mass is 250 g/mol. The molecule has 94 valence electrons. The first-order valence-corrected chi connectivity index (χ1v) is 6.26. The van der Waals surface area contributed by atoms with Crippen molar-refractivity contribution in [2.45, 2.75) is 12.8 Å². The topological polar surface area (TPSA) is 75.7 Å². The molecule has 0 saturated heterocycles. The highest BCUT2D eigenvalue weighted by Gasteiger charge is 2.17. The number of hydrogen-bond acceptors (Lipinski definition) is 4. The Morgan fingerprint density at radius 2 is 2.19 bits per heavy atom. The van der Waals surface area contributed by atoms with Crippen LogP contribution >= 0.6 is 0 Å². The van der Waals surface area contributed by atoms with Gasteiger partial charge in [-0.25, -0.2) is 4.72 Å². The van der Waals surface area contributed by atoms with Gasteiger partial charge in [-0.05, 0) is 6.42 Å². The van der Waals surface area contributed by atoms with Gasteiger partial charge in [-0.1, -0.05) is 6.08 Å².